The number of anilines is 1. The van der Waals surface area contributed by atoms with Crippen molar-refractivity contribution in [3.63, 3.8) is 0 Å². The van der Waals surface area contributed by atoms with E-state index in [0.717, 1.165) is 0 Å². The van der Waals surface area contributed by atoms with Crippen LogP contribution in [0.1, 0.15) is 5.69 Å². The number of ether oxygens (including phenoxy) is 3. The van der Waals surface area contributed by atoms with Gasteiger partial charge in [-0.1, -0.05) is 0 Å². The largest absolute Gasteiger partial charge is 0.397 e. The molecule has 0 bridgehead atoms. The minimum absolute atomic E-state index is 0.291. The van der Waals surface area contributed by atoms with Crippen LogP contribution in [0.25, 0.3) is 5.52 Å². The van der Waals surface area contributed by atoms with E-state index in [1.54, 1.807) is 28.9 Å². The lowest BCUT2D eigenvalue weighted by Crippen LogP contribution is -2.43. The van der Waals surface area contributed by atoms with Gasteiger partial charge in [-0.2, -0.15) is 10.4 Å². The standard InChI is InChI=1S/C15H18N4O4/c1-21-13-11(7-20)23-15(8-16,14(13)22-2)12-4-3-10-9(17)5-6-18-19(10)12/h3-6,11,13-14,20H,7,17H2,1-2H3/t11-,13-,14-,15+/m1/s1. The second-order valence-corrected chi connectivity index (χ2v) is 5.35. The minimum atomic E-state index is -1.46. The van der Waals surface area contributed by atoms with Gasteiger partial charge < -0.3 is 25.1 Å². The number of hydrogen-bond acceptors (Lipinski definition) is 7. The van der Waals surface area contributed by atoms with Crippen LogP contribution in [0.4, 0.5) is 5.69 Å². The minimum Gasteiger partial charge on any atom is -0.397 e. The summed E-state index contributed by atoms with van der Waals surface area (Å²) in [7, 11) is 2.96. The van der Waals surface area contributed by atoms with Gasteiger partial charge >= 0.3 is 0 Å². The Bertz CT molecular complexity index is 756. The van der Waals surface area contributed by atoms with Gasteiger partial charge in [0, 0.05) is 20.4 Å². The van der Waals surface area contributed by atoms with Crippen molar-refractivity contribution in [2.45, 2.75) is 23.9 Å². The summed E-state index contributed by atoms with van der Waals surface area (Å²) >= 11 is 0. The number of hydrogen-bond donors (Lipinski definition) is 2. The number of nitrogens with two attached hydrogens (primary N) is 1. The molecule has 3 rings (SSSR count). The van der Waals surface area contributed by atoms with Crippen molar-refractivity contribution in [1.29, 1.82) is 5.26 Å². The molecule has 0 amide bonds. The average molecular weight is 318 g/mol. The fourth-order valence-electron chi connectivity index (χ4n) is 3.19. The Morgan fingerprint density at radius 3 is 2.83 bits per heavy atom. The normalized spacial score (nSPS) is 30.6. The maximum Gasteiger partial charge on any atom is 0.225 e. The fourth-order valence-corrected chi connectivity index (χ4v) is 3.19. The van der Waals surface area contributed by atoms with Gasteiger partial charge in [0.15, 0.2) is 0 Å². The van der Waals surface area contributed by atoms with Crippen LogP contribution in [-0.4, -0.2) is 53.9 Å². The zero-order valence-electron chi connectivity index (χ0n) is 12.8. The third-order valence-corrected chi connectivity index (χ3v) is 4.24. The smallest absolute Gasteiger partial charge is 0.225 e. The van der Waals surface area contributed by atoms with Gasteiger partial charge in [-0.15, -0.1) is 0 Å². The van der Waals surface area contributed by atoms with E-state index in [9.17, 15) is 10.4 Å². The molecule has 23 heavy (non-hydrogen) atoms. The van der Waals surface area contributed by atoms with Crippen LogP contribution in [0.2, 0.25) is 0 Å². The first kappa shape index (κ1) is 15.7. The Morgan fingerprint density at radius 1 is 1.43 bits per heavy atom. The van der Waals surface area contributed by atoms with Gasteiger partial charge in [0.05, 0.1) is 23.5 Å². The van der Waals surface area contributed by atoms with Crippen LogP contribution >= 0.6 is 0 Å². The van der Waals surface area contributed by atoms with Crippen molar-refractivity contribution in [3.8, 4) is 6.07 Å². The van der Waals surface area contributed by atoms with Crippen molar-refractivity contribution >= 4 is 11.2 Å². The van der Waals surface area contributed by atoms with E-state index < -0.39 is 23.9 Å². The summed E-state index contributed by atoms with van der Waals surface area (Å²) in [5, 5.41) is 23.7. The molecule has 8 heteroatoms. The molecule has 0 aliphatic carbocycles. The van der Waals surface area contributed by atoms with Crippen LogP contribution in [0.15, 0.2) is 24.4 Å². The molecule has 3 N–H and O–H groups in total. The molecule has 0 unspecified atom stereocenters. The molecule has 3 heterocycles. The molecule has 1 aliphatic rings. The van der Waals surface area contributed by atoms with Crippen molar-refractivity contribution < 1.29 is 19.3 Å². The Balaban J connectivity index is 2.20. The summed E-state index contributed by atoms with van der Waals surface area (Å²) in [4.78, 5) is 0. The number of methoxy groups -OCH3 is 2. The molecule has 122 valence electrons. The van der Waals surface area contributed by atoms with Crippen LogP contribution in [0.3, 0.4) is 0 Å². The van der Waals surface area contributed by atoms with Crippen molar-refractivity contribution in [2.75, 3.05) is 26.6 Å². The maximum atomic E-state index is 9.88. The highest BCUT2D eigenvalue weighted by molar-refractivity contribution is 5.69. The van der Waals surface area contributed by atoms with Crippen LogP contribution in [-0.2, 0) is 19.8 Å². The van der Waals surface area contributed by atoms with Crippen LogP contribution in [0.5, 0.6) is 0 Å². The van der Waals surface area contributed by atoms with E-state index >= 15 is 0 Å². The predicted octanol–water partition coefficient (Wildman–Crippen LogP) is 0.0565. The molecule has 1 aliphatic heterocycles. The quantitative estimate of drug-likeness (QED) is 0.818. The first-order valence-corrected chi connectivity index (χ1v) is 7.11. The monoisotopic (exact) mass is 318 g/mol. The number of rotatable bonds is 4. The first-order chi connectivity index (χ1) is 11.1. The lowest BCUT2D eigenvalue weighted by atomic mass is 9.92. The third kappa shape index (κ3) is 2.09. The predicted molar refractivity (Wildman–Crippen MR) is 80.4 cm³/mol. The SMILES string of the molecule is CO[C@H]1[C@@H](OC)[C@](C#N)(c2ccc3c(N)ccnn23)O[C@@H]1CO. The van der Waals surface area contributed by atoms with E-state index in [4.69, 9.17) is 19.9 Å². The zero-order valence-corrected chi connectivity index (χ0v) is 12.8. The Morgan fingerprint density at radius 2 is 2.22 bits per heavy atom. The van der Waals surface area contributed by atoms with E-state index in [1.165, 1.54) is 14.2 Å². The number of aliphatic hydroxyl groups excluding tert-OH is 1. The zero-order chi connectivity index (χ0) is 16.6. The Labute approximate surface area is 133 Å². The summed E-state index contributed by atoms with van der Waals surface area (Å²) < 4.78 is 18.3. The molecule has 1 saturated heterocycles. The number of aromatic nitrogens is 2. The first-order valence-electron chi connectivity index (χ1n) is 7.11. The highest BCUT2D eigenvalue weighted by Gasteiger charge is 2.59. The van der Waals surface area contributed by atoms with Crippen LogP contribution < -0.4 is 5.73 Å². The molecular weight excluding hydrogens is 300 g/mol. The van der Waals surface area contributed by atoms with E-state index in [1.807, 2.05) is 0 Å². The van der Waals surface area contributed by atoms with Crippen molar-refractivity contribution in [1.82, 2.24) is 9.61 Å². The molecular formula is C15H18N4O4. The number of nitrogens with zero attached hydrogens (tertiary/aromatic N) is 3. The number of fused-ring (bicyclic) bond motifs is 1. The molecule has 8 nitrogen and oxygen atoms in total. The highest BCUT2D eigenvalue weighted by atomic mass is 16.6. The lowest BCUT2D eigenvalue weighted by molar-refractivity contribution is -0.0726. The van der Waals surface area contributed by atoms with E-state index in [-0.39, 0.29) is 6.61 Å². The average Bonchev–Trinajstić information content (AvgIpc) is 3.14. The van der Waals surface area contributed by atoms with Gasteiger partial charge in [0.2, 0.25) is 5.60 Å². The van der Waals surface area contributed by atoms with E-state index in [2.05, 4.69) is 11.2 Å². The highest BCUT2D eigenvalue weighted by Crippen LogP contribution is 2.42. The Hall–Kier alpha value is -2.18. The molecule has 2 aromatic rings. The summed E-state index contributed by atoms with van der Waals surface area (Å²) in [5.41, 5.74) is 6.16. The molecule has 2 aromatic heterocycles. The molecule has 0 spiro atoms. The molecule has 0 radical (unpaired) electrons. The van der Waals surface area contributed by atoms with Gasteiger partial charge in [-0.3, -0.25) is 0 Å². The number of nitriles is 1. The molecule has 4 atom stereocenters. The fraction of sp³-hybridized carbons (Fsp3) is 0.467. The van der Waals surface area contributed by atoms with Crippen molar-refractivity contribution in [2.24, 2.45) is 0 Å². The number of nitrogen functional groups attached to an aromatic ring is 1. The summed E-state index contributed by atoms with van der Waals surface area (Å²) in [6.45, 7) is -0.291. The summed E-state index contributed by atoms with van der Waals surface area (Å²) in [6.07, 6.45) is -0.450. The van der Waals surface area contributed by atoms with Crippen molar-refractivity contribution in [3.05, 3.63) is 30.1 Å². The maximum absolute atomic E-state index is 9.88. The van der Waals surface area contributed by atoms with Gasteiger partial charge in [0.25, 0.3) is 0 Å². The second-order valence-electron chi connectivity index (χ2n) is 5.35. The Kier molecular flexibility index (Phi) is 3.95. The lowest BCUT2D eigenvalue weighted by Gasteiger charge is -2.27. The van der Waals surface area contributed by atoms with E-state index in [0.29, 0.717) is 16.9 Å². The third-order valence-electron chi connectivity index (χ3n) is 4.24. The van der Waals surface area contributed by atoms with Gasteiger partial charge in [-0.25, -0.2) is 4.52 Å². The molecule has 1 fully saturated rings. The van der Waals surface area contributed by atoms with Crippen LogP contribution in [0, 0.1) is 11.3 Å². The summed E-state index contributed by atoms with van der Waals surface area (Å²) in [6, 6.07) is 7.35. The van der Waals surface area contributed by atoms with Gasteiger partial charge in [0.1, 0.15) is 24.4 Å². The summed E-state index contributed by atoms with van der Waals surface area (Å²) in [5.74, 6) is 0. The second kappa shape index (κ2) is 5.79. The molecule has 0 saturated carbocycles. The topological polar surface area (TPSA) is 115 Å². The molecule has 0 aromatic carbocycles. The number of aliphatic hydroxyl groups is 1. The van der Waals surface area contributed by atoms with Gasteiger partial charge in [-0.05, 0) is 18.2 Å².